The molecule has 1 heteroatoms. The van der Waals surface area contributed by atoms with Crippen molar-refractivity contribution in [2.24, 2.45) is 17.6 Å². The second kappa shape index (κ2) is 5.68. The molecule has 0 aliphatic heterocycles. The molecule has 0 heterocycles. The van der Waals surface area contributed by atoms with Crippen molar-refractivity contribution in [1.29, 1.82) is 0 Å². The van der Waals surface area contributed by atoms with Crippen molar-refractivity contribution in [3.63, 3.8) is 0 Å². The van der Waals surface area contributed by atoms with E-state index in [2.05, 4.69) is 47.6 Å². The Labute approximate surface area is 106 Å². The van der Waals surface area contributed by atoms with E-state index < -0.39 is 0 Å². The molecule has 1 aromatic rings. The number of hydrogen-bond acceptors (Lipinski definition) is 1. The zero-order chi connectivity index (χ0) is 13.2. The first kappa shape index (κ1) is 14.2. The van der Waals surface area contributed by atoms with E-state index in [-0.39, 0.29) is 0 Å². The summed E-state index contributed by atoms with van der Waals surface area (Å²) in [6.07, 6.45) is 1.12. The highest BCUT2D eigenvalue weighted by atomic mass is 14.6. The van der Waals surface area contributed by atoms with Crippen LogP contribution in [0, 0.1) is 39.5 Å². The second-order valence-corrected chi connectivity index (χ2v) is 5.68. The molecule has 0 fully saturated rings. The van der Waals surface area contributed by atoms with Crippen molar-refractivity contribution in [1.82, 2.24) is 0 Å². The number of nitrogens with two attached hydrogens (primary N) is 1. The number of rotatable bonds is 4. The van der Waals surface area contributed by atoms with Crippen molar-refractivity contribution in [3.05, 3.63) is 33.9 Å². The van der Waals surface area contributed by atoms with E-state index in [1.54, 1.807) is 0 Å². The molecule has 2 N–H and O–H groups in total. The Bertz CT molecular complexity index is 365. The molecule has 1 unspecified atom stereocenters. The lowest BCUT2D eigenvalue weighted by atomic mass is 9.84. The van der Waals surface area contributed by atoms with E-state index in [9.17, 15) is 0 Å². The van der Waals surface area contributed by atoms with E-state index in [4.69, 9.17) is 5.73 Å². The van der Waals surface area contributed by atoms with Gasteiger partial charge in [-0.2, -0.15) is 0 Å². The van der Waals surface area contributed by atoms with Crippen LogP contribution in [0.3, 0.4) is 0 Å². The normalized spacial score (nSPS) is 13.2. The van der Waals surface area contributed by atoms with Crippen LogP contribution in [0.1, 0.15) is 41.7 Å². The first-order chi connectivity index (χ1) is 7.88. The van der Waals surface area contributed by atoms with Gasteiger partial charge in [-0.05, 0) is 80.3 Å². The molecule has 0 saturated carbocycles. The quantitative estimate of drug-likeness (QED) is 0.843. The number of benzene rings is 1. The van der Waals surface area contributed by atoms with Crippen LogP contribution in [0.5, 0.6) is 0 Å². The fourth-order valence-corrected chi connectivity index (χ4v) is 2.46. The molecule has 1 nitrogen and oxygen atoms in total. The molecule has 1 rings (SSSR count). The molecule has 0 bridgehead atoms. The topological polar surface area (TPSA) is 26.0 Å². The molecule has 0 saturated heterocycles. The van der Waals surface area contributed by atoms with Gasteiger partial charge < -0.3 is 5.73 Å². The van der Waals surface area contributed by atoms with Crippen LogP contribution in [-0.4, -0.2) is 6.54 Å². The van der Waals surface area contributed by atoms with E-state index >= 15 is 0 Å². The molecule has 0 amide bonds. The summed E-state index contributed by atoms with van der Waals surface area (Å²) in [7, 11) is 0. The van der Waals surface area contributed by atoms with E-state index in [0.717, 1.165) is 13.0 Å². The van der Waals surface area contributed by atoms with Crippen molar-refractivity contribution < 1.29 is 0 Å². The van der Waals surface area contributed by atoms with Crippen LogP contribution in [0.25, 0.3) is 0 Å². The predicted molar refractivity (Wildman–Crippen MR) is 76.5 cm³/mol. The molecule has 0 radical (unpaired) electrons. The Morgan fingerprint density at radius 3 is 1.82 bits per heavy atom. The van der Waals surface area contributed by atoms with Gasteiger partial charge in [0.1, 0.15) is 0 Å². The maximum Gasteiger partial charge on any atom is -0.00432 e. The van der Waals surface area contributed by atoms with Gasteiger partial charge in [0.2, 0.25) is 0 Å². The van der Waals surface area contributed by atoms with Gasteiger partial charge in [-0.25, -0.2) is 0 Å². The summed E-state index contributed by atoms with van der Waals surface area (Å²) in [5.74, 6) is 1.24. The van der Waals surface area contributed by atoms with Gasteiger partial charge in [-0.1, -0.05) is 19.9 Å². The summed E-state index contributed by atoms with van der Waals surface area (Å²) in [6, 6.07) is 2.29. The standard InChI is InChI=1S/C16H27N/c1-10(2)15(9-17)8-16-13(5)11(3)7-12(4)14(16)6/h7,10,15H,8-9,17H2,1-6H3. The highest BCUT2D eigenvalue weighted by molar-refractivity contribution is 5.44. The third-order valence-corrected chi connectivity index (χ3v) is 4.23. The van der Waals surface area contributed by atoms with Crippen molar-refractivity contribution in [3.8, 4) is 0 Å². The molecular weight excluding hydrogens is 206 g/mol. The molecule has 1 atom stereocenters. The van der Waals surface area contributed by atoms with Crippen molar-refractivity contribution >= 4 is 0 Å². The maximum atomic E-state index is 5.90. The van der Waals surface area contributed by atoms with Gasteiger partial charge in [0.25, 0.3) is 0 Å². The Kier molecular flexibility index (Phi) is 4.76. The molecule has 0 aliphatic carbocycles. The molecule has 1 aromatic carbocycles. The highest BCUT2D eigenvalue weighted by Crippen LogP contribution is 2.26. The van der Waals surface area contributed by atoms with Gasteiger partial charge in [0.05, 0.1) is 0 Å². The smallest absolute Gasteiger partial charge is 0.00432 e. The van der Waals surface area contributed by atoms with Gasteiger partial charge in [0.15, 0.2) is 0 Å². The summed E-state index contributed by atoms with van der Waals surface area (Å²) in [5, 5.41) is 0. The Morgan fingerprint density at radius 2 is 1.47 bits per heavy atom. The monoisotopic (exact) mass is 233 g/mol. The summed E-state index contributed by atoms with van der Waals surface area (Å²) in [6.45, 7) is 14.2. The van der Waals surface area contributed by atoms with Crippen LogP contribution in [-0.2, 0) is 6.42 Å². The minimum absolute atomic E-state index is 0.591. The summed E-state index contributed by atoms with van der Waals surface area (Å²) < 4.78 is 0. The van der Waals surface area contributed by atoms with Gasteiger partial charge >= 0.3 is 0 Å². The van der Waals surface area contributed by atoms with Crippen molar-refractivity contribution in [2.75, 3.05) is 6.54 Å². The lowest BCUT2D eigenvalue weighted by Crippen LogP contribution is -2.23. The van der Waals surface area contributed by atoms with Gasteiger partial charge in [-0.3, -0.25) is 0 Å². The summed E-state index contributed by atoms with van der Waals surface area (Å²) in [4.78, 5) is 0. The zero-order valence-corrected chi connectivity index (χ0v) is 12.2. The number of aryl methyl sites for hydroxylation is 2. The lowest BCUT2D eigenvalue weighted by Gasteiger charge is -2.23. The second-order valence-electron chi connectivity index (χ2n) is 5.68. The Morgan fingerprint density at radius 1 is 1.00 bits per heavy atom. The molecule has 0 aromatic heterocycles. The summed E-state index contributed by atoms with van der Waals surface area (Å²) in [5.41, 5.74) is 13.1. The van der Waals surface area contributed by atoms with Gasteiger partial charge in [0, 0.05) is 0 Å². The molecule has 17 heavy (non-hydrogen) atoms. The Balaban J connectivity index is 3.13. The van der Waals surface area contributed by atoms with Gasteiger partial charge in [-0.15, -0.1) is 0 Å². The lowest BCUT2D eigenvalue weighted by molar-refractivity contribution is 0.390. The first-order valence-corrected chi connectivity index (χ1v) is 6.64. The summed E-state index contributed by atoms with van der Waals surface area (Å²) >= 11 is 0. The van der Waals surface area contributed by atoms with Crippen LogP contribution >= 0.6 is 0 Å². The first-order valence-electron chi connectivity index (χ1n) is 6.64. The minimum atomic E-state index is 0.591. The van der Waals surface area contributed by atoms with Crippen LogP contribution < -0.4 is 5.73 Å². The number of hydrogen-bond donors (Lipinski definition) is 1. The predicted octanol–water partition coefficient (Wildman–Crippen LogP) is 3.69. The molecule has 96 valence electrons. The maximum absolute atomic E-state index is 5.90. The largest absolute Gasteiger partial charge is 0.330 e. The van der Waals surface area contributed by atoms with Crippen LogP contribution in [0.15, 0.2) is 6.07 Å². The minimum Gasteiger partial charge on any atom is -0.330 e. The fourth-order valence-electron chi connectivity index (χ4n) is 2.46. The molecule has 0 aliphatic rings. The van der Waals surface area contributed by atoms with Crippen LogP contribution in [0.2, 0.25) is 0 Å². The van der Waals surface area contributed by atoms with E-state index in [0.29, 0.717) is 11.8 Å². The Hall–Kier alpha value is -0.820. The SMILES string of the molecule is Cc1cc(C)c(C)c(CC(CN)C(C)C)c1C. The fraction of sp³-hybridized carbons (Fsp3) is 0.625. The average molecular weight is 233 g/mol. The zero-order valence-electron chi connectivity index (χ0n) is 12.2. The van der Waals surface area contributed by atoms with E-state index in [1.165, 1.54) is 27.8 Å². The highest BCUT2D eigenvalue weighted by Gasteiger charge is 2.16. The van der Waals surface area contributed by atoms with Crippen LogP contribution in [0.4, 0.5) is 0 Å². The average Bonchev–Trinajstić information content (AvgIpc) is 2.26. The molecular formula is C16H27N. The third kappa shape index (κ3) is 3.10. The molecule has 0 spiro atoms. The van der Waals surface area contributed by atoms with Crippen molar-refractivity contribution in [2.45, 2.75) is 48.0 Å². The van der Waals surface area contributed by atoms with E-state index in [1.807, 2.05) is 0 Å². The third-order valence-electron chi connectivity index (χ3n) is 4.23.